The van der Waals surface area contributed by atoms with Crippen molar-refractivity contribution in [2.24, 2.45) is 7.05 Å². The molecule has 0 amide bonds. The highest BCUT2D eigenvalue weighted by molar-refractivity contribution is 6.31. The summed E-state index contributed by atoms with van der Waals surface area (Å²) in [6.45, 7) is 1.53. The summed E-state index contributed by atoms with van der Waals surface area (Å²) in [5.74, 6) is 0. The number of aromatic amines is 1. The van der Waals surface area contributed by atoms with E-state index >= 15 is 0 Å². The number of rotatable bonds is 1. The second-order valence-corrected chi connectivity index (χ2v) is 2.21. The summed E-state index contributed by atoms with van der Waals surface area (Å²) in [6.07, 6.45) is 0. The van der Waals surface area contributed by atoms with E-state index in [9.17, 15) is 14.4 Å². The van der Waals surface area contributed by atoms with Gasteiger partial charge in [-0.25, -0.2) is 19.0 Å². The lowest BCUT2D eigenvalue weighted by atomic mass is 10.0. The molecule has 0 saturated heterocycles. The Morgan fingerprint density at radius 1 is 1.25 bits per heavy atom. The molecule has 1 aromatic heterocycles. The van der Waals surface area contributed by atoms with Crippen molar-refractivity contribution < 1.29 is 0 Å². The van der Waals surface area contributed by atoms with Gasteiger partial charge >= 0.3 is 17.1 Å². The highest BCUT2D eigenvalue weighted by Gasteiger charge is 2.03. The fourth-order valence-corrected chi connectivity index (χ4v) is 0.799. The Labute approximate surface area is 67.7 Å². The molecule has 1 radical (unpaired) electrons. The molecule has 0 aliphatic heterocycles. The van der Waals surface area contributed by atoms with Crippen molar-refractivity contribution in [1.82, 2.24) is 14.0 Å². The van der Waals surface area contributed by atoms with Gasteiger partial charge in [-0.3, -0.25) is 9.46 Å². The van der Waals surface area contributed by atoms with Crippen LogP contribution in [0.4, 0.5) is 0 Å². The first-order valence-electron chi connectivity index (χ1n) is 3.29. The van der Waals surface area contributed by atoms with Gasteiger partial charge in [-0.15, -0.1) is 0 Å². The van der Waals surface area contributed by atoms with Gasteiger partial charge in [-0.2, -0.15) is 0 Å². The zero-order valence-electron chi connectivity index (χ0n) is 6.70. The first-order chi connectivity index (χ1) is 5.57. The summed E-state index contributed by atoms with van der Waals surface area (Å²) in [4.78, 5) is 34.8. The van der Waals surface area contributed by atoms with Crippen LogP contribution in [0.5, 0.6) is 0 Å². The average molecular weight is 168 g/mol. The lowest BCUT2D eigenvalue weighted by molar-refractivity contribution is 0.685. The zero-order chi connectivity index (χ0) is 9.30. The maximum absolute atomic E-state index is 11.1. The molecule has 1 rings (SSSR count). The number of nitrogens with one attached hydrogen (secondary N) is 1. The molecule has 1 N–H and O–H groups in total. The Kier molecular flexibility index (Phi) is 2.03. The lowest BCUT2D eigenvalue weighted by Gasteiger charge is -1.99. The molecule has 0 atom stereocenters. The van der Waals surface area contributed by atoms with Gasteiger partial charge in [0.15, 0.2) is 0 Å². The van der Waals surface area contributed by atoms with Crippen LogP contribution in [0, 0.1) is 0 Å². The van der Waals surface area contributed by atoms with E-state index in [1.807, 2.05) is 4.98 Å². The van der Waals surface area contributed by atoms with Gasteiger partial charge in [0.2, 0.25) is 0 Å². The minimum absolute atomic E-state index is 0.647. The van der Waals surface area contributed by atoms with E-state index < -0.39 is 17.1 Å². The third kappa shape index (κ3) is 1.13. The first-order valence-corrected chi connectivity index (χ1v) is 3.29. The second-order valence-electron chi connectivity index (χ2n) is 2.21. The van der Waals surface area contributed by atoms with Crippen LogP contribution in [-0.4, -0.2) is 21.4 Å². The van der Waals surface area contributed by atoms with Crippen LogP contribution in [0.3, 0.4) is 0 Å². The van der Waals surface area contributed by atoms with E-state index in [4.69, 9.17) is 0 Å². The van der Waals surface area contributed by atoms with Crippen molar-refractivity contribution in [3.05, 3.63) is 31.5 Å². The van der Waals surface area contributed by atoms with Gasteiger partial charge in [0.1, 0.15) is 0 Å². The third-order valence-corrected chi connectivity index (χ3v) is 1.49. The van der Waals surface area contributed by atoms with Crippen LogP contribution < -0.4 is 17.1 Å². The van der Waals surface area contributed by atoms with Crippen LogP contribution in [0.25, 0.3) is 0 Å². The fraction of sp³-hybridized carbons (Fsp3) is 0.400. The van der Waals surface area contributed by atoms with Crippen molar-refractivity contribution in [3.63, 3.8) is 0 Å². The zero-order valence-corrected chi connectivity index (χ0v) is 6.70. The average Bonchev–Trinajstić information content (AvgIpc) is 2.01. The van der Waals surface area contributed by atoms with E-state index in [-0.39, 0.29) is 0 Å². The minimum atomic E-state index is -0.717. The molecule has 0 aliphatic carbocycles. The minimum Gasteiger partial charge on any atom is -0.298 e. The Hall–Kier alpha value is -1.53. The van der Waals surface area contributed by atoms with Crippen molar-refractivity contribution >= 4 is 7.41 Å². The first kappa shape index (κ1) is 8.57. The number of nitrogens with zero attached hydrogens (tertiary/aromatic N) is 2. The standard InChI is InChI=1S/C5H7BN3O3/c1-6-9-4(11)7-3(10)8(2)5(9)12/h1-2H3,(H,7,10,11). The van der Waals surface area contributed by atoms with E-state index in [0.29, 0.717) is 0 Å². The summed E-state index contributed by atoms with van der Waals surface area (Å²) < 4.78 is 1.64. The molecule has 0 aliphatic rings. The van der Waals surface area contributed by atoms with Gasteiger partial charge in [0, 0.05) is 7.05 Å². The summed E-state index contributed by atoms with van der Waals surface area (Å²) in [6, 6.07) is 0. The van der Waals surface area contributed by atoms with E-state index in [1.165, 1.54) is 21.3 Å². The molecular weight excluding hydrogens is 161 g/mol. The van der Waals surface area contributed by atoms with Crippen molar-refractivity contribution in [1.29, 1.82) is 0 Å². The largest absolute Gasteiger partial charge is 0.333 e. The fourth-order valence-electron chi connectivity index (χ4n) is 0.799. The monoisotopic (exact) mass is 168 g/mol. The molecule has 0 aromatic carbocycles. The molecule has 1 heterocycles. The highest BCUT2D eigenvalue weighted by Crippen LogP contribution is 1.57. The lowest BCUT2D eigenvalue weighted by Crippen LogP contribution is -2.49. The second kappa shape index (κ2) is 2.84. The molecule has 0 spiro atoms. The number of aromatic nitrogens is 3. The molecule has 12 heavy (non-hydrogen) atoms. The smallest absolute Gasteiger partial charge is 0.298 e. The quantitative estimate of drug-likeness (QED) is 0.481. The van der Waals surface area contributed by atoms with Crippen LogP contribution >= 0.6 is 0 Å². The van der Waals surface area contributed by atoms with Gasteiger partial charge in [-0.1, -0.05) is 6.82 Å². The topological polar surface area (TPSA) is 76.9 Å². The molecule has 0 bridgehead atoms. The third-order valence-electron chi connectivity index (χ3n) is 1.49. The molecule has 0 fully saturated rings. The normalized spacial score (nSPS) is 9.83. The molecule has 0 unspecified atom stereocenters. The summed E-state index contributed by atoms with van der Waals surface area (Å²) in [5, 5.41) is 0. The van der Waals surface area contributed by atoms with Crippen LogP contribution in [0.1, 0.15) is 0 Å². The molecule has 6 nitrogen and oxygen atoms in total. The summed E-state index contributed by atoms with van der Waals surface area (Å²) in [5.41, 5.74) is -2.07. The maximum atomic E-state index is 11.1. The number of H-pyrrole nitrogens is 1. The summed E-state index contributed by atoms with van der Waals surface area (Å²) >= 11 is 0. The SMILES string of the molecule is C[B]n1c(=O)[nH]c(=O)n(C)c1=O. The van der Waals surface area contributed by atoms with Crippen molar-refractivity contribution in [2.45, 2.75) is 6.82 Å². The number of hydrogen-bond donors (Lipinski definition) is 1. The van der Waals surface area contributed by atoms with Gasteiger partial charge in [-0.05, 0) is 0 Å². The van der Waals surface area contributed by atoms with Gasteiger partial charge in [0.25, 0.3) is 7.41 Å². The molecule has 7 heteroatoms. The Bertz CT molecular complexity index is 454. The Morgan fingerprint density at radius 3 is 2.33 bits per heavy atom. The molecule has 1 aromatic rings. The predicted molar refractivity (Wildman–Crippen MR) is 43.6 cm³/mol. The van der Waals surface area contributed by atoms with Crippen LogP contribution in [0.15, 0.2) is 14.4 Å². The molecular formula is C5H7BN3O3. The van der Waals surface area contributed by atoms with Crippen molar-refractivity contribution in [2.75, 3.05) is 0 Å². The van der Waals surface area contributed by atoms with E-state index in [1.54, 1.807) is 0 Å². The predicted octanol–water partition coefficient (Wildman–Crippen LogP) is -2.25. The van der Waals surface area contributed by atoms with E-state index in [0.717, 1.165) is 9.05 Å². The van der Waals surface area contributed by atoms with Gasteiger partial charge < -0.3 is 0 Å². The maximum Gasteiger partial charge on any atom is 0.333 e. The highest BCUT2D eigenvalue weighted by atomic mass is 16.2. The van der Waals surface area contributed by atoms with E-state index in [2.05, 4.69) is 0 Å². The van der Waals surface area contributed by atoms with Crippen molar-refractivity contribution in [3.8, 4) is 0 Å². The Balaban J connectivity index is 3.76. The number of hydrogen-bond acceptors (Lipinski definition) is 3. The Morgan fingerprint density at radius 2 is 1.83 bits per heavy atom. The molecule has 63 valence electrons. The summed E-state index contributed by atoms with van der Waals surface area (Å²) in [7, 11) is 2.58. The van der Waals surface area contributed by atoms with Crippen LogP contribution in [0.2, 0.25) is 6.82 Å². The van der Waals surface area contributed by atoms with Crippen LogP contribution in [-0.2, 0) is 7.05 Å². The molecule has 0 saturated carbocycles. The van der Waals surface area contributed by atoms with Gasteiger partial charge in [0.05, 0.1) is 0 Å².